The van der Waals surface area contributed by atoms with Crippen molar-refractivity contribution in [2.24, 2.45) is 5.92 Å². The third-order valence-corrected chi connectivity index (χ3v) is 2.51. The Bertz CT molecular complexity index is 283. The molecule has 0 saturated carbocycles. The van der Waals surface area contributed by atoms with Gasteiger partial charge in [-0.3, -0.25) is 0 Å². The molecule has 0 fully saturated rings. The zero-order valence-electron chi connectivity index (χ0n) is 12.2. The van der Waals surface area contributed by atoms with E-state index in [2.05, 4.69) is 10.1 Å². The molecule has 0 rings (SSSR count). The van der Waals surface area contributed by atoms with Crippen LogP contribution in [0.3, 0.4) is 0 Å². The summed E-state index contributed by atoms with van der Waals surface area (Å²) in [5.41, 5.74) is -0.582. The van der Waals surface area contributed by atoms with Crippen LogP contribution in [0.1, 0.15) is 47.5 Å². The number of carbonyl (C=O) groups excluding carboxylic acids is 2. The summed E-state index contributed by atoms with van der Waals surface area (Å²) in [6.07, 6.45) is 0.882. The van der Waals surface area contributed by atoms with Crippen molar-refractivity contribution in [1.82, 2.24) is 5.32 Å². The summed E-state index contributed by atoms with van der Waals surface area (Å²) in [5.74, 6) is -0.120. The van der Waals surface area contributed by atoms with Crippen LogP contribution in [-0.4, -0.2) is 30.8 Å². The smallest absolute Gasteiger partial charge is 0.408 e. The van der Waals surface area contributed by atoms with Crippen molar-refractivity contribution in [2.45, 2.75) is 59.1 Å². The van der Waals surface area contributed by atoms with Crippen LogP contribution in [0.15, 0.2) is 0 Å². The van der Waals surface area contributed by atoms with Crippen molar-refractivity contribution in [2.75, 3.05) is 7.11 Å². The van der Waals surface area contributed by atoms with Crippen LogP contribution in [0.25, 0.3) is 0 Å². The van der Waals surface area contributed by atoms with Crippen molar-refractivity contribution in [3.63, 3.8) is 0 Å². The van der Waals surface area contributed by atoms with E-state index in [1.54, 1.807) is 20.8 Å². The number of alkyl carbamates (subject to hydrolysis) is 1. The summed E-state index contributed by atoms with van der Waals surface area (Å²) < 4.78 is 9.80. The van der Waals surface area contributed by atoms with Crippen LogP contribution in [0.5, 0.6) is 0 Å². The Morgan fingerprint density at radius 2 is 1.83 bits per heavy atom. The molecule has 1 amide bonds. The number of rotatable bonds is 5. The maximum absolute atomic E-state index is 11.6. The third kappa shape index (κ3) is 7.14. The highest BCUT2D eigenvalue weighted by Gasteiger charge is 2.26. The van der Waals surface area contributed by atoms with Gasteiger partial charge in [-0.25, -0.2) is 9.59 Å². The van der Waals surface area contributed by atoms with Crippen LogP contribution in [0, 0.1) is 5.92 Å². The fourth-order valence-corrected chi connectivity index (χ4v) is 1.38. The highest BCUT2D eigenvalue weighted by molar-refractivity contribution is 5.81. The zero-order valence-corrected chi connectivity index (χ0v) is 12.2. The van der Waals surface area contributed by atoms with Crippen molar-refractivity contribution < 1.29 is 19.1 Å². The SMILES string of the molecule is CCC(C)C[C@H](NC(=O)OC(C)(C)C)C(=O)OC. The molecule has 0 aromatic heterocycles. The second-order valence-electron chi connectivity index (χ2n) is 5.47. The molecular weight excluding hydrogens is 234 g/mol. The molecule has 0 heterocycles. The summed E-state index contributed by atoms with van der Waals surface area (Å²) in [6, 6.07) is -0.653. The average molecular weight is 259 g/mol. The van der Waals surface area contributed by atoms with Gasteiger partial charge in [-0.15, -0.1) is 0 Å². The van der Waals surface area contributed by atoms with Gasteiger partial charge in [0, 0.05) is 0 Å². The van der Waals surface area contributed by atoms with E-state index < -0.39 is 23.7 Å². The number of hydrogen-bond donors (Lipinski definition) is 1. The Hall–Kier alpha value is -1.26. The number of ether oxygens (including phenoxy) is 2. The van der Waals surface area contributed by atoms with E-state index in [9.17, 15) is 9.59 Å². The molecule has 5 nitrogen and oxygen atoms in total. The maximum Gasteiger partial charge on any atom is 0.408 e. The number of carbonyl (C=O) groups is 2. The molecule has 0 bridgehead atoms. The van der Waals surface area contributed by atoms with Gasteiger partial charge in [0.1, 0.15) is 11.6 Å². The summed E-state index contributed by atoms with van der Waals surface area (Å²) in [6.45, 7) is 9.37. The minimum absolute atomic E-state index is 0.323. The van der Waals surface area contributed by atoms with Crippen molar-refractivity contribution in [3.8, 4) is 0 Å². The average Bonchev–Trinajstić information content (AvgIpc) is 2.24. The van der Waals surface area contributed by atoms with E-state index in [1.807, 2.05) is 13.8 Å². The molecule has 0 aliphatic carbocycles. The van der Waals surface area contributed by atoms with Crippen molar-refractivity contribution >= 4 is 12.1 Å². The van der Waals surface area contributed by atoms with Gasteiger partial charge in [0.15, 0.2) is 0 Å². The normalized spacial score (nSPS) is 14.6. The highest BCUT2D eigenvalue weighted by atomic mass is 16.6. The first-order chi connectivity index (χ1) is 8.19. The lowest BCUT2D eigenvalue weighted by atomic mass is 9.99. The Morgan fingerprint density at radius 1 is 1.28 bits per heavy atom. The van der Waals surface area contributed by atoms with Crippen molar-refractivity contribution in [3.05, 3.63) is 0 Å². The summed E-state index contributed by atoms with van der Waals surface area (Å²) >= 11 is 0. The highest BCUT2D eigenvalue weighted by Crippen LogP contribution is 2.12. The topological polar surface area (TPSA) is 64.6 Å². The lowest BCUT2D eigenvalue weighted by Gasteiger charge is -2.23. The lowest BCUT2D eigenvalue weighted by molar-refractivity contribution is -0.143. The quantitative estimate of drug-likeness (QED) is 0.770. The van der Waals surface area contributed by atoms with Crippen LogP contribution >= 0.6 is 0 Å². The van der Waals surface area contributed by atoms with Gasteiger partial charge >= 0.3 is 12.1 Å². The number of esters is 1. The van der Waals surface area contributed by atoms with Crippen LogP contribution in [0.2, 0.25) is 0 Å². The second-order valence-corrected chi connectivity index (χ2v) is 5.47. The lowest BCUT2D eigenvalue weighted by Crippen LogP contribution is -2.44. The van der Waals surface area contributed by atoms with Gasteiger partial charge in [-0.2, -0.15) is 0 Å². The minimum atomic E-state index is -0.653. The van der Waals surface area contributed by atoms with Gasteiger partial charge in [0.25, 0.3) is 0 Å². The number of methoxy groups -OCH3 is 1. The summed E-state index contributed by atoms with van der Waals surface area (Å²) in [4.78, 5) is 23.2. The van der Waals surface area contributed by atoms with E-state index in [-0.39, 0.29) is 0 Å². The van der Waals surface area contributed by atoms with Crippen LogP contribution in [0.4, 0.5) is 4.79 Å². The summed E-state index contributed by atoms with van der Waals surface area (Å²) in [5, 5.41) is 2.55. The standard InChI is InChI=1S/C13H25NO4/c1-7-9(2)8-10(11(15)17-6)14-12(16)18-13(3,4)5/h9-10H,7-8H2,1-6H3,(H,14,16)/t9?,10-/m0/s1. The third-order valence-electron chi connectivity index (χ3n) is 2.51. The van der Waals surface area contributed by atoms with E-state index in [0.717, 1.165) is 6.42 Å². The largest absolute Gasteiger partial charge is 0.467 e. The molecule has 0 aliphatic rings. The molecule has 18 heavy (non-hydrogen) atoms. The summed E-state index contributed by atoms with van der Waals surface area (Å²) in [7, 11) is 1.31. The Balaban J connectivity index is 4.50. The first kappa shape index (κ1) is 16.7. The molecule has 5 heteroatoms. The molecule has 0 saturated heterocycles. The second kappa shape index (κ2) is 7.24. The molecule has 0 aliphatic heterocycles. The molecular formula is C13H25NO4. The minimum Gasteiger partial charge on any atom is -0.467 e. The van der Waals surface area contributed by atoms with Crippen LogP contribution in [-0.2, 0) is 14.3 Å². The van der Waals surface area contributed by atoms with Gasteiger partial charge in [-0.1, -0.05) is 20.3 Å². The fraction of sp³-hybridized carbons (Fsp3) is 0.846. The van der Waals surface area contributed by atoms with Gasteiger partial charge in [0.05, 0.1) is 7.11 Å². The molecule has 2 atom stereocenters. The fourth-order valence-electron chi connectivity index (χ4n) is 1.38. The molecule has 0 aromatic carbocycles. The van der Waals surface area contributed by atoms with Gasteiger partial charge < -0.3 is 14.8 Å². The number of nitrogens with one attached hydrogen (secondary N) is 1. The monoisotopic (exact) mass is 259 g/mol. The number of hydrogen-bond acceptors (Lipinski definition) is 4. The predicted octanol–water partition coefficient (Wildman–Crippen LogP) is 2.49. The Labute approximate surface area is 109 Å². The van der Waals surface area contributed by atoms with Crippen molar-refractivity contribution in [1.29, 1.82) is 0 Å². The number of amides is 1. The van der Waals surface area contributed by atoms with E-state index >= 15 is 0 Å². The van der Waals surface area contributed by atoms with Gasteiger partial charge in [0.2, 0.25) is 0 Å². The molecule has 0 aromatic rings. The maximum atomic E-state index is 11.6. The molecule has 0 radical (unpaired) electrons. The van der Waals surface area contributed by atoms with E-state index in [4.69, 9.17) is 4.74 Å². The first-order valence-electron chi connectivity index (χ1n) is 6.27. The Kier molecular flexibility index (Phi) is 6.73. The zero-order chi connectivity index (χ0) is 14.3. The molecule has 1 unspecified atom stereocenters. The van der Waals surface area contributed by atoms with E-state index in [1.165, 1.54) is 7.11 Å². The first-order valence-corrected chi connectivity index (χ1v) is 6.27. The molecule has 106 valence electrons. The van der Waals surface area contributed by atoms with Crippen LogP contribution < -0.4 is 5.32 Å². The predicted molar refractivity (Wildman–Crippen MR) is 69.2 cm³/mol. The van der Waals surface area contributed by atoms with Gasteiger partial charge in [-0.05, 0) is 33.1 Å². The molecule has 0 spiro atoms. The van der Waals surface area contributed by atoms with E-state index in [0.29, 0.717) is 12.3 Å². The molecule has 1 N–H and O–H groups in total. The Morgan fingerprint density at radius 3 is 2.22 bits per heavy atom.